The number of rotatable bonds is 13. The Balaban J connectivity index is 0.844. The highest BCUT2D eigenvalue weighted by Gasteiger charge is 2.32. The largest absolute Gasteiger partial charge is 0.274 e. The predicted octanol–water partition coefficient (Wildman–Crippen LogP) is 9.30. The number of azo groups is 1. The zero-order chi connectivity index (χ0) is 34.3. The Morgan fingerprint density at radius 1 is 0.560 bits per heavy atom. The molecule has 1 aliphatic heterocycles. The monoisotopic (exact) mass is 723 g/mol. The number of aryl methyl sites for hydroxylation is 1. The zero-order valence-electron chi connectivity index (χ0n) is 27.8. The summed E-state index contributed by atoms with van der Waals surface area (Å²) in [7, 11) is 0. The first-order chi connectivity index (χ1) is 24.6. The highest BCUT2D eigenvalue weighted by atomic mass is 79.9. The first kappa shape index (κ1) is 33.2. The van der Waals surface area contributed by atoms with Crippen LogP contribution in [0.3, 0.4) is 0 Å². The molecule has 248 valence electrons. The van der Waals surface area contributed by atoms with Gasteiger partial charge in [0.2, 0.25) is 0 Å². The normalized spacial score (nSPS) is 12.7. The van der Waals surface area contributed by atoms with Gasteiger partial charge in [-0.2, -0.15) is 10.2 Å². The number of pyridine rings is 2. The molecule has 6 aromatic rings. The lowest BCUT2D eigenvalue weighted by Gasteiger charge is -2.27. The van der Waals surface area contributed by atoms with Crippen LogP contribution in [0, 0.1) is 0 Å². The van der Waals surface area contributed by atoms with Crippen LogP contribution >= 0.6 is 15.9 Å². The fourth-order valence-electron chi connectivity index (χ4n) is 6.40. The van der Waals surface area contributed by atoms with Crippen molar-refractivity contribution in [2.75, 3.05) is 6.54 Å². The SMILES string of the molecule is O=C1c2cccc3cccc(c23)C(=O)N1CCCCCC[n+]1ccc(-c2cc[n+](Cc3ccc(N=Nc4ccc(CBr)cc4)cc3)cc2)cc1. The lowest BCUT2D eigenvalue weighted by atomic mass is 9.94. The van der Waals surface area contributed by atoms with E-state index in [0.29, 0.717) is 17.7 Å². The first-order valence-electron chi connectivity index (χ1n) is 17.1. The van der Waals surface area contributed by atoms with Crippen molar-refractivity contribution in [2.45, 2.75) is 44.1 Å². The van der Waals surface area contributed by atoms with E-state index in [1.165, 1.54) is 27.2 Å². The molecule has 2 aromatic heterocycles. The third kappa shape index (κ3) is 7.61. The topological polar surface area (TPSA) is 69.9 Å². The van der Waals surface area contributed by atoms with E-state index in [2.05, 4.69) is 96.5 Å². The number of halogens is 1. The number of unbranched alkanes of at least 4 members (excludes halogenated alkanes) is 3. The van der Waals surface area contributed by atoms with Crippen molar-refractivity contribution in [3.8, 4) is 11.1 Å². The van der Waals surface area contributed by atoms with Crippen molar-refractivity contribution in [1.29, 1.82) is 0 Å². The molecule has 0 bridgehead atoms. The molecule has 1 aliphatic rings. The Morgan fingerprint density at radius 2 is 1.08 bits per heavy atom. The van der Waals surface area contributed by atoms with Crippen LogP contribution in [0.4, 0.5) is 11.4 Å². The zero-order valence-corrected chi connectivity index (χ0v) is 29.4. The van der Waals surface area contributed by atoms with Crippen LogP contribution in [0.15, 0.2) is 144 Å². The number of benzene rings is 4. The molecule has 7 rings (SSSR count). The average molecular weight is 725 g/mol. The summed E-state index contributed by atoms with van der Waals surface area (Å²) >= 11 is 3.46. The van der Waals surface area contributed by atoms with Gasteiger partial charge in [-0.3, -0.25) is 14.5 Å². The number of amides is 2. The third-order valence-corrected chi connectivity index (χ3v) is 9.84. The summed E-state index contributed by atoms with van der Waals surface area (Å²) in [6, 6.07) is 36.2. The van der Waals surface area contributed by atoms with Gasteiger partial charge in [0.15, 0.2) is 31.3 Å². The van der Waals surface area contributed by atoms with E-state index in [-0.39, 0.29) is 11.8 Å². The van der Waals surface area contributed by atoms with E-state index >= 15 is 0 Å². The highest BCUT2D eigenvalue weighted by molar-refractivity contribution is 9.08. The average Bonchev–Trinajstić information content (AvgIpc) is 3.17. The van der Waals surface area contributed by atoms with Crippen molar-refractivity contribution in [3.63, 3.8) is 0 Å². The number of imide groups is 1. The van der Waals surface area contributed by atoms with E-state index in [4.69, 9.17) is 0 Å². The van der Waals surface area contributed by atoms with Crippen molar-refractivity contribution < 1.29 is 18.7 Å². The quantitative estimate of drug-likeness (QED) is 0.0392. The van der Waals surface area contributed by atoms with E-state index in [1.807, 2.05) is 72.8 Å². The van der Waals surface area contributed by atoms with Crippen LogP contribution in [0.5, 0.6) is 0 Å². The lowest BCUT2D eigenvalue weighted by molar-refractivity contribution is -0.697. The van der Waals surface area contributed by atoms with Crippen molar-refractivity contribution in [3.05, 3.63) is 156 Å². The Hall–Kier alpha value is -5.34. The number of hydrogen-bond donors (Lipinski definition) is 0. The molecule has 0 fully saturated rings. The second-order valence-corrected chi connectivity index (χ2v) is 13.2. The Morgan fingerprint density at radius 3 is 1.64 bits per heavy atom. The maximum absolute atomic E-state index is 13.1. The van der Waals surface area contributed by atoms with Crippen LogP contribution in [-0.4, -0.2) is 23.3 Å². The molecule has 0 spiro atoms. The fourth-order valence-corrected chi connectivity index (χ4v) is 6.78. The second-order valence-electron chi connectivity index (χ2n) is 12.6. The van der Waals surface area contributed by atoms with Gasteiger partial charge in [0, 0.05) is 64.6 Å². The van der Waals surface area contributed by atoms with E-state index < -0.39 is 0 Å². The van der Waals surface area contributed by atoms with Gasteiger partial charge in [-0.05, 0) is 71.3 Å². The van der Waals surface area contributed by atoms with Crippen molar-refractivity contribution in [2.24, 2.45) is 10.2 Å². The minimum absolute atomic E-state index is 0.180. The number of hydrogen-bond acceptors (Lipinski definition) is 4. The summed E-state index contributed by atoms with van der Waals surface area (Å²) < 4.78 is 4.39. The van der Waals surface area contributed by atoms with Gasteiger partial charge in [-0.15, -0.1) is 0 Å². The summed E-state index contributed by atoms with van der Waals surface area (Å²) in [6.45, 7) is 2.15. The van der Waals surface area contributed by atoms with E-state index in [9.17, 15) is 9.59 Å². The van der Waals surface area contributed by atoms with Gasteiger partial charge in [0.25, 0.3) is 11.8 Å². The Labute approximate surface area is 300 Å². The molecular formula is C42H38BrN5O2+2. The van der Waals surface area contributed by atoms with Gasteiger partial charge >= 0.3 is 0 Å². The van der Waals surface area contributed by atoms with Gasteiger partial charge in [0.1, 0.15) is 6.54 Å². The van der Waals surface area contributed by atoms with Crippen molar-refractivity contribution >= 4 is 49.9 Å². The van der Waals surface area contributed by atoms with E-state index in [0.717, 1.165) is 66.3 Å². The van der Waals surface area contributed by atoms with Crippen LogP contribution in [0.25, 0.3) is 21.9 Å². The summed E-state index contributed by atoms with van der Waals surface area (Å²) in [4.78, 5) is 27.6. The number of aromatic nitrogens is 2. The molecule has 0 saturated carbocycles. The predicted molar refractivity (Wildman–Crippen MR) is 199 cm³/mol. The minimum atomic E-state index is -0.180. The first-order valence-corrected chi connectivity index (χ1v) is 18.2. The third-order valence-electron chi connectivity index (χ3n) is 9.19. The smallest absolute Gasteiger partial charge is 0.261 e. The van der Waals surface area contributed by atoms with Crippen LogP contribution in [0.2, 0.25) is 0 Å². The van der Waals surface area contributed by atoms with Crippen LogP contribution < -0.4 is 9.13 Å². The molecule has 7 nitrogen and oxygen atoms in total. The summed E-state index contributed by atoms with van der Waals surface area (Å²) in [5.74, 6) is -0.359. The van der Waals surface area contributed by atoms with Gasteiger partial charge in [0.05, 0.1) is 11.4 Å². The van der Waals surface area contributed by atoms with E-state index in [1.54, 1.807) is 0 Å². The molecule has 4 aromatic carbocycles. The van der Waals surface area contributed by atoms with Gasteiger partial charge in [-0.25, -0.2) is 9.13 Å². The second kappa shape index (κ2) is 15.5. The van der Waals surface area contributed by atoms with Gasteiger partial charge in [-0.1, -0.05) is 70.9 Å². The maximum Gasteiger partial charge on any atom is 0.261 e. The molecule has 2 amide bonds. The molecule has 0 unspecified atom stereocenters. The fraction of sp³-hybridized carbons (Fsp3) is 0.190. The molecular weight excluding hydrogens is 686 g/mol. The Kier molecular flexibility index (Phi) is 10.3. The molecule has 0 radical (unpaired) electrons. The number of carbonyl (C=O) groups excluding carboxylic acids is 2. The summed E-state index contributed by atoms with van der Waals surface area (Å²) in [5, 5.41) is 11.3. The number of nitrogens with zero attached hydrogens (tertiary/aromatic N) is 5. The molecule has 50 heavy (non-hydrogen) atoms. The van der Waals surface area contributed by atoms with Crippen molar-refractivity contribution in [1.82, 2.24) is 4.90 Å². The molecule has 0 N–H and O–H groups in total. The molecule has 0 saturated heterocycles. The van der Waals surface area contributed by atoms with Crippen LogP contribution in [0.1, 0.15) is 57.5 Å². The lowest BCUT2D eigenvalue weighted by Crippen LogP contribution is -2.40. The summed E-state index contributed by atoms with van der Waals surface area (Å²) in [5.41, 5.74) is 7.68. The highest BCUT2D eigenvalue weighted by Crippen LogP contribution is 2.30. The Bertz CT molecular complexity index is 2100. The minimum Gasteiger partial charge on any atom is -0.274 e. The summed E-state index contributed by atoms with van der Waals surface area (Å²) in [6.07, 6.45) is 12.3. The molecule has 8 heteroatoms. The number of alkyl halides is 1. The molecule has 3 heterocycles. The molecule has 0 aliphatic carbocycles. The van der Waals surface area contributed by atoms with Crippen LogP contribution in [-0.2, 0) is 18.4 Å². The molecule has 0 atom stereocenters. The number of carbonyl (C=O) groups is 2. The standard InChI is InChI=1S/C42H38BrN5O2/c43-29-31-11-15-36(16-12-31)44-45-37-17-13-32(14-18-37)30-47-27-21-34(22-28-47)33-19-25-46(26-20-33)23-3-1-2-4-24-48-41(49)38-9-5-7-35-8-6-10-39(40(35)38)42(48)50/h5-22,25-28H,1-4,23-24,29-30H2/q+2. The maximum atomic E-state index is 13.1. The van der Waals surface area contributed by atoms with Gasteiger partial charge < -0.3 is 0 Å².